The molecule has 0 spiro atoms. The lowest BCUT2D eigenvalue weighted by Crippen LogP contribution is -2.54. The first-order chi connectivity index (χ1) is 9.84. The van der Waals surface area contributed by atoms with Gasteiger partial charge in [-0.25, -0.2) is 8.42 Å². The molecule has 114 valence electrons. The normalized spacial score (nSPS) is 19.9. The Hall–Kier alpha value is -1.64. The van der Waals surface area contributed by atoms with E-state index in [4.69, 9.17) is 11.6 Å². The molecule has 1 aromatic rings. The largest absolute Gasteiger partial charge is 0.469 e. The number of benzene rings is 1. The van der Waals surface area contributed by atoms with Gasteiger partial charge in [-0.3, -0.25) is 15.0 Å². The Balaban J connectivity index is 2.28. The maximum atomic E-state index is 12.4. The SMILES string of the molecule is COC(=O)C1CC(=O)NN(S(=O)(=O)c2ccc(Cl)cc2)C1. The molecule has 2 rings (SSSR count). The number of hydrazine groups is 1. The number of methoxy groups -OCH3 is 1. The van der Waals surface area contributed by atoms with Crippen molar-refractivity contribution >= 4 is 33.5 Å². The second-order valence-electron chi connectivity index (χ2n) is 4.45. The third-order valence-corrected chi connectivity index (χ3v) is 4.94. The molecule has 9 heteroatoms. The maximum Gasteiger partial charge on any atom is 0.310 e. The van der Waals surface area contributed by atoms with E-state index in [1.165, 1.54) is 31.4 Å². The van der Waals surface area contributed by atoms with E-state index in [9.17, 15) is 18.0 Å². The summed E-state index contributed by atoms with van der Waals surface area (Å²) < 4.78 is 30.1. The van der Waals surface area contributed by atoms with Gasteiger partial charge in [-0.15, -0.1) is 4.41 Å². The molecule has 1 atom stereocenters. The Morgan fingerprint density at radius 2 is 2.00 bits per heavy atom. The van der Waals surface area contributed by atoms with E-state index < -0.39 is 27.8 Å². The van der Waals surface area contributed by atoms with Crippen LogP contribution < -0.4 is 5.43 Å². The van der Waals surface area contributed by atoms with Crippen LogP contribution in [0.25, 0.3) is 0 Å². The number of sulfonamides is 1. The zero-order valence-electron chi connectivity index (χ0n) is 11.1. The summed E-state index contributed by atoms with van der Waals surface area (Å²) in [6, 6.07) is 5.51. The van der Waals surface area contributed by atoms with Crippen LogP contribution in [0.15, 0.2) is 29.2 Å². The van der Waals surface area contributed by atoms with Crippen molar-refractivity contribution in [2.24, 2.45) is 5.92 Å². The third kappa shape index (κ3) is 3.34. The lowest BCUT2D eigenvalue weighted by Gasteiger charge is -2.30. The molecule has 0 aliphatic carbocycles. The number of nitrogens with zero attached hydrogens (tertiary/aromatic N) is 1. The molecule has 1 N–H and O–H groups in total. The second kappa shape index (κ2) is 6.00. The number of hydrogen-bond acceptors (Lipinski definition) is 5. The highest BCUT2D eigenvalue weighted by Gasteiger charge is 2.37. The van der Waals surface area contributed by atoms with Gasteiger partial charge in [-0.1, -0.05) is 11.6 Å². The number of nitrogens with one attached hydrogen (secondary N) is 1. The molecule has 0 saturated carbocycles. The topological polar surface area (TPSA) is 92.8 Å². The molecule has 1 aliphatic heterocycles. The van der Waals surface area contributed by atoms with Gasteiger partial charge in [0.05, 0.1) is 17.9 Å². The van der Waals surface area contributed by atoms with Crippen LogP contribution in [0.5, 0.6) is 0 Å². The summed E-state index contributed by atoms with van der Waals surface area (Å²) in [5.74, 6) is -2.01. The molecule has 1 amide bonds. The van der Waals surface area contributed by atoms with Gasteiger partial charge < -0.3 is 4.74 Å². The van der Waals surface area contributed by atoms with Gasteiger partial charge in [0.25, 0.3) is 10.0 Å². The van der Waals surface area contributed by atoms with Crippen molar-refractivity contribution in [2.75, 3.05) is 13.7 Å². The molecule has 1 heterocycles. The van der Waals surface area contributed by atoms with Gasteiger partial charge in [0.1, 0.15) is 0 Å². The van der Waals surface area contributed by atoms with Gasteiger partial charge in [-0.05, 0) is 24.3 Å². The number of rotatable bonds is 3. The zero-order valence-corrected chi connectivity index (χ0v) is 12.6. The van der Waals surface area contributed by atoms with Gasteiger partial charge in [-0.2, -0.15) is 0 Å². The summed E-state index contributed by atoms with van der Waals surface area (Å²) in [6.45, 7) is -0.177. The predicted octanol–water partition coefficient (Wildman–Crippen LogP) is 0.555. The van der Waals surface area contributed by atoms with E-state index in [0.717, 1.165) is 4.41 Å². The molecule has 7 nitrogen and oxygen atoms in total. The summed E-state index contributed by atoms with van der Waals surface area (Å²) in [4.78, 5) is 23.1. The van der Waals surface area contributed by atoms with E-state index in [1.807, 2.05) is 0 Å². The minimum Gasteiger partial charge on any atom is -0.469 e. The van der Waals surface area contributed by atoms with E-state index in [2.05, 4.69) is 10.2 Å². The van der Waals surface area contributed by atoms with Gasteiger partial charge in [0, 0.05) is 18.0 Å². The zero-order chi connectivity index (χ0) is 15.6. The van der Waals surface area contributed by atoms with Crippen LogP contribution in [0, 0.1) is 5.92 Å². The molecular formula is C12H13ClN2O5S. The fourth-order valence-corrected chi connectivity index (χ4v) is 3.39. The van der Waals surface area contributed by atoms with Crippen molar-refractivity contribution in [3.63, 3.8) is 0 Å². The van der Waals surface area contributed by atoms with E-state index in [0.29, 0.717) is 5.02 Å². The number of carbonyl (C=O) groups excluding carboxylic acids is 2. The Morgan fingerprint density at radius 1 is 1.38 bits per heavy atom. The molecule has 1 fully saturated rings. The highest BCUT2D eigenvalue weighted by Crippen LogP contribution is 2.21. The quantitative estimate of drug-likeness (QED) is 0.816. The number of esters is 1. The average Bonchev–Trinajstić information content (AvgIpc) is 2.46. The van der Waals surface area contributed by atoms with Gasteiger partial charge in [0.15, 0.2) is 0 Å². The van der Waals surface area contributed by atoms with Crippen LogP contribution in [-0.4, -0.2) is 38.4 Å². The number of halogens is 1. The second-order valence-corrected chi connectivity index (χ2v) is 6.75. The van der Waals surface area contributed by atoms with E-state index in [-0.39, 0.29) is 17.9 Å². The predicted molar refractivity (Wildman–Crippen MR) is 73.6 cm³/mol. The van der Waals surface area contributed by atoms with Crippen molar-refractivity contribution in [1.29, 1.82) is 0 Å². The van der Waals surface area contributed by atoms with Crippen LogP contribution >= 0.6 is 11.6 Å². The molecule has 1 aliphatic rings. The van der Waals surface area contributed by atoms with Crippen molar-refractivity contribution in [2.45, 2.75) is 11.3 Å². The van der Waals surface area contributed by atoms with Crippen molar-refractivity contribution in [1.82, 2.24) is 9.84 Å². The highest BCUT2D eigenvalue weighted by atomic mass is 35.5. The first-order valence-corrected chi connectivity index (χ1v) is 7.82. The van der Waals surface area contributed by atoms with Crippen LogP contribution in [-0.2, 0) is 24.3 Å². The first-order valence-electron chi connectivity index (χ1n) is 6.00. The highest BCUT2D eigenvalue weighted by molar-refractivity contribution is 7.89. The molecule has 0 radical (unpaired) electrons. The molecule has 0 aromatic heterocycles. The summed E-state index contributed by atoms with van der Waals surface area (Å²) in [6.07, 6.45) is -0.112. The Kier molecular flexibility index (Phi) is 4.50. The first kappa shape index (κ1) is 15.7. The van der Waals surface area contributed by atoms with Crippen LogP contribution in [0.1, 0.15) is 6.42 Å². The van der Waals surface area contributed by atoms with Crippen molar-refractivity contribution in [3.8, 4) is 0 Å². The lowest BCUT2D eigenvalue weighted by molar-refractivity contribution is -0.150. The minimum absolute atomic E-state index is 0.0299. The molecule has 0 bridgehead atoms. The Bertz CT molecular complexity index is 659. The van der Waals surface area contributed by atoms with Crippen molar-refractivity contribution < 1.29 is 22.7 Å². The summed E-state index contributed by atoms with van der Waals surface area (Å²) in [7, 11) is -2.76. The summed E-state index contributed by atoms with van der Waals surface area (Å²) in [5.41, 5.74) is 2.24. The maximum absolute atomic E-state index is 12.4. The molecule has 1 unspecified atom stereocenters. The smallest absolute Gasteiger partial charge is 0.310 e. The van der Waals surface area contributed by atoms with E-state index >= 15 is 0 Å². The molecular weight excluding hydrogens is 320 g/mol. The summed E-state index contributed by atoms with van der Waals surface area (Å²) in [5, 5.41) is 0.393. The number of ether oxygens (including phenoxy) is 1. The standard InChI is InChI=1S/C12H13ClN2O5S/c1-20-12(17)8-6-11(16)14-15(7-8)21(18,19)10-4-2-9(13)3-5-10/h2-5,8H,6-7H2,1H3,(H,14,16). The number of carbonyl (C=O) groups is 2. The monoisotopic (exact) mass is 332 g/mol. The molecule has 1 aromatic carbocycles. The van der Waals surface area contributed by atoms with Crippen molar-refractivity contribution in [3.05, 3.63) is 29.3 Å². The van der Waals surface area contributed by atoms with Crippen LogP contribution in [0.3, 0.4) is 0 Å². The Labute approximate surface area is 126 Å². The fraction of sp³-hybridized carbons (Fsp3) is 0.333. The molecule has 21 heavy (non-hydrogen) atoms. The van der Waals surface area contributed by atoms with Crippen LogP contribution in [0.4, 0.5) is 0 Å². The van der Waals surface area contributed by atoms with Crippen LogP contribution in [0.2, 0.25) is 5.02 Å². The number of hydrogen-bond donors (Lipinski definition) is 1. The fourth-order valence-electron chi connectivity index (χ4n) is 1.94. The Morgan fingerprint density at radius 3 is 2.57 bits per heavy atom. The van der Waals surface area contributed by atoms with Gasteiger partial charge >= 0.3 is 5.97 Å². The minimum atomic E-state index is -3.95. The average molecular weight is 333 g/mol. The van der Waals surface area contributed by atoms with E-state index in [1.54, 1.807) is 0 Å². The summed E-state index contributed by atoms with van der Waals surface area (Å²) >= 11 is 5.71. The third-order valence-electron chi connectivity index (χ3n) is 3.00. The number of amides is 1. The van der Waals surface area contributed by atoms with Gasteiger partial charge in [0.2, 0.25) is 5.91 Å². The lowest BCUT2D eigenvalue weighted by atomic mass is 10.0. The molecule has 1 saturated heterocycles.